The van der Waals surface area contributed by atoms with E-state index in [1.165, 1.54) is 0 Å². The first-order valence-corrected chi connectivity index (χ1v) is 5.62. The highest BCUT2D eigenvalue weighted by atomic mass is 16.2. The summed E-state index contributed by atoms with van der Waals surface area (Å²) < 4.78 is 48.0. The van der Waals surface area contributed by atoms with Crippen LogP contribution < -0.4 is 11.1 Å². The number of amides is 2. The minimum Gasteiger partial charge on any atom is -0.398 e. The number of benzene rings is 1. The van der Waals surface area contributed by atoms with Crippen molar-refractivity contribution in [2.75, 3.05) is 5.73 Å². The summed E-state index contributed by atoms with van der Waals surface area (Å²) in [5.74, 6) is -1.97. The van der Waals surface area contributed by atoms with E-state index < -0.39 is 42.3 Å². The predicted molar refractivity (Wildman–Crippen MR) is 71.0 cm³/mol. The summed E-state index contributed by atoms with van der Waals surface area (Å²) in [6.07, 6.45) is -2.77. The first kappa shape index (κ1) is 6.75. The highest BCUT2D eigenvalue weighted by Crippen LogP contribution is 2.31. The van der Waals surface area contributed by atoms with Gasteiger partial charge >= 0.3 is 0 Å². The average Bonchev–Trinajstić information content (AvgIpc) is 2.86. The van der Waals surface area contributed by atoms with Crippen LogP contribution in [0, 0.1) is 0 Å². The van der Waals surface area contributed by atoms with Crippen LogP contribution in [-0.2, 0) is 11.3 Å². The third-order valence-corrected chi connectivity index (χ3v) is 3.03. The van der Waals surface area contributed by atoms with Gasteiger partial charge in [0.25, 0.3) is 5.91 Å². The summed E-state index contributed by atoms with van der Waals surface area (Å²) in [7, 11) is 0. The number of nitrogens with zero attached hydrogens (tertiary/aromatic N) is 1. The second-order valence-corrected chi connectivity index (χ2v) is 4.29. The topological polar surface area (TPSA) is 75.4 Å². The molecule has 0 unspecified atom stereocenters. The summed E-state index contributed by atoms with van der Waals surface area (Å²) in [5, 5.41) is 2.29. The van der Waals surface area contributed by atoms with E-state index in [1.54, 1.807) is 0 Å². The van der Waals surface area contributed by atoms with Crippen LogP contribution in [0.3, 0.4) is 0 Å². The van der Waals surface area contributed by atoms with Crippen LogP contribution in [-0.4, -0.2) is 22.7 Å². The molecule has 1 aromatic carbocycles. The molecule has 0 spiro atoms. The van der Waals surface area contributed by atoms with Crippen LogP contribution in [0.2, 0.25) is 0 Å². The van der Waals surface area contributed by atoms with Gasteiger partial charge in [0.1, 0.15) is 6.02 Å². The van der Waals surface area contributed by atoms with Crippen molar-refractivity contribution < 1.29 is 17.8 Å². The number of rotatable bonds is 1. The zero-order chi connectivity index (χ0) is 18.9. The van der Waals surface area contributed by atoms with Gasteiger partial charge in [0.2, 0.25) is 5.91 Å². The largest absolute Gasteiger partial charge is 0.398 e. The standard InChI is InChI=1S/C14H15N3O2/c1-8-5-6-12(13(18)16-8)17-7-10-9(14(17)19)3-2-4-11(10)15/h2-4,12H,1,5-7,15H2,(H,16,18)/t12-/m1/s1/i2D,3D,4D,6D2,12D. The first-order valence-electron chi connectivity index (χ1n) is 8.62. The molecule has 2 heterocycles. The summed E-state index contributed by atoms with van der Waals surface area (Å²) >= 11 is 0. The Labute approximate surface area is 119 Å². The van der Waals surface area contributed by atoms with Gasteiger partial charge in [0, 0.05) is 31.8 Å². The smallest absolute Gasteiger partial charge is 0.255 e. The molecule has 2 aliphatic heterocycles. The molecule has 0 aliphatic carbocycles. The van der Waals surface area contributed by atoms with Gasteiger partial charge < -0.3 is 16.0 Å². The fourth-order valence-corrected chi connectivity index (χ4v) is 2.09. The van der Waals surface area contributed by atoms with Crippen LogP contribution in [0.25, 0.3) is 0 Å². The molecule has 98 valence electrons. The summed E-state index contributed by atoms with van der Waals surface area (Å²) in [4.78, 5) is 25.9. The number of nitrogens with one attached hydrogen (secondary N) is 1. The Morgan fingerprint density at radius 2 is 2.37 bits per heavy atom. The van der Waals surface area contributed by atoms with Gasteiger partial charge in [0.15, 0.2) is 0 Å². The fourth-order valence-electron chi connectivity index (χ4n) is 2.09. The number of fused-ring (bicyclic) bond motifs is 1. The van der Waals surface area contributed by atoms with E-state index in [1.807, 2.05) is 0 Å². The van der Waals surface area contributed by atoms with Crippen molar-refractivity contribution in [3.63, 3.8) is 0 Å². The SMILES string of the molecule is [2H]c1c([2H])c(N)c2c(c1[2H])C(=O)N([C@@]1([2H])C(=O)NC(=C)CC1([2H])[2H])C2. The summed E-state index contributed by atoms with van der Waals surface area (Å²) in [6, 6.07) is -4.06. The van der Waals surface area contributed by atoms with E-state index in [0.717, 1.165) is 0 Å². The molecule has 2 amide bonds. The molecule has 1 fully saturated rings. The monoisotopic (exact) mass is 263 g/mol. The summed E-state index contributed by atoms with van der Waals surface area (Å²) in [5.41, 5.74) is 5.50. The fraction of sp³-hybridized carbons (Fsp3) is 0.286. The van der Waals surface area contributed by atoms with E-state index in [0.29, 0.717) is 4.90 Å². The van der Waals surface area contributed by atoms with E-state index >= 15 is 0 Å². The molecule has 3 N–H and O–H groups in total. The molecular formula is C14H15N3O2. The van der Waals surface area contributed by atoms with Gasteiger partial charge in [-0.25, -0.2) is 0 Å². The third kappa shape index (κ3) is 1.78. The Morgan fingerprint density at radius 3 is 3.11 bits per heavy atom. The highest BCUT2D eigenvalue weighted by molar-refractivity contribution is 6.02. The van der Waals surface area contributed by atoms with Crippen LogP contribution in [0.15, 0.2) is 30.4 Å². The van der Waals surface area contributed by atoms with Gasteiger partial charge in [0.05, 0.1) is 5.48 Å². The number of piperidine rings is 1. The predicted octanol–water partition coefficient (Wildman–Crippen LogP) is 1.02. The molecule has 5 heteroatoms. The van der Waals surface area contributed by atoms with Gasteiger partial charge in [-0.3, -0.25) is 9.59 Å². The highest BCUT2D eigenvalue weighted by Gasteiger charge is 2.38. The lowest BCUT2D eigenvalue weighted by Crippen LogP contribution is -2.49. The van der Waals surface area contributed by atoms with Gasteiger partial charge in [-0.1, -0.05) is 12.6 Å². The first-order chi connectivity index (χ1) is 11.4. The maximum absolute atomic E-state index is 12.8. The number of carbonyl (C=O) groups excluding carboxylic acids is 2. The number of anilines is 1. The number of allylic oxidation sites excluding steroid dienone is 1. The Hall–Kier alpha value is -2.30. The molecular weight excluding hydrogens is 242 g/mol. The van der Waals surface area contributed by atoms with E-state index in [9.17, 15) is 9.59 Å². The van der Waals surface area contributed by atoms with Crippen molar-refractivity contribution >= 4 is 17.5 Å². The number of nitrogens with two attached hydrogens (primary N) is 1. The molecule has 19 heavy (non-hydrogen) atoms. The molecule has 3 rings (SSSR count). The molecule has 0 bridgehead atoms. The van der Waals surface area contributed by atoms with Crippen molar-refractivity contribution in [1.29, 1.82) is 0 Å². The van der Waals surface area contributed by atoms with E-state index in [-0.39, 0.29) is 35.5 Å². The molecule has 1 atom stereocenters. The normalized spacial score (nSPS) is 33.5. The van der Waals surface area contributed by atoms with Gasteiger partial charge in [-0.2, -0.15) is 0 Å². The molecule has 0 radical (unpaired) electrons. The molecule has 1 aromatic rings. The lowest BCUT2D eigenvalue weighted by Gasteiger charge is -2.30. The van der Waals surface area contributed by atoms with Crippen molar-refractivity contribution in [2.45, 2.75) is 25.4 Å². The number of hydrogen-bond donors (Lipinski definition) is 2. The number of carbonyl (C=O) groups is 2. The van der Waals surface area contributed by atoms with Crippen molar-refractivity contribution in [1.82, 2.24) is 10.2 Å². The van der Waals surface area contributed by atoms with Crippen molar-refractivity contribution in [2.24, 2.45) is 0 Å². The molecule has 1 saturated heterocycles. The van der Waals surface area contributed by atoms with Crippen LogP contribution in [0.5, 0.6) is 0 Å². The Morgan fingerprint density at radius 1 is 1.58 bits per heavy atom. The van der Waals surface area contributed by atoms with Gasteiger partial charge in [-0.05, 0) is 24.9 Å². The maximum atomic E-state index is 12.8. The summed E-state index contributed by atoms with van der Waals surface area (Å²) in [6.45, 7) is 3.12. The molecule has 0 saturated carbocycles. The van der Waals surface area contributed by atoms with Crippen LogP contribution >= 0.6 is 0 Å². The van der Waals surface area contributed by atoms with E-state index in [2.05, 4.69) is 11.9 Å². The zero-order valence-electron chi connectivity index (χ0n) is 16.0. The molecule has 2 aliphatic rings. The average molecular weight is 263 g/mol. The molecule has 5 nitrogen and oxygen atoms in total. The van der Waals surface area contributed by atoms with Crippen molar-refractivity contribution in [3.8, 4) is 0 Å². The molecule has 0 aromatic heterocycles. The Balaban J connectivity index is 2.17. The van der Waals surface area contributed by atoms with E-state index in [4.69, 9.17) is 14.0 Å². The quantitative estimate of drug-likeness (QED) is 0.743. The maximum Gasteiger partial charge on any atom is 0.255 e. The number of nitrogen functional groups attached to an aromatic ring is 1. The second kappa shape index (κ2) is 4.12. The van der Waals surface area contributed by atoms with Crippen molar-refractivity contribution in [3.05, 3.63) is 41.5 Å². The van der Waals surface area contributed by atoms with Crippen LogP contribution in [0.1, 0.15) is 36.9 Å². The Bertz CT molecular complexity index is 856. The number of hydrogen-bond acceptors (Lipinski definition) is 3. The minimum absolute atomic E-state index is 0.0654. The minimum atomic E-state index is -2.59. The Kier molecular flexibility index (Phi) is 1.46. The van der Waals surface area contributed by atoms with Crippen LogP contribution in [0.4, 0.5) is 5.69 Å². The zero-order valence-corrected chi connectivity index (χ0v) is 9.96. The third-order valence-electron chi connectivity index (χ3n) is 3.03. The lowest BCUT2D eigenvalue weighted by atomic mass is 10.0. The van der Waals surface area contributed by atoms with Gasteiger partial charge in [-0.15, -0.1) is 0 Å². The lowest BCUT2D eigenvalue weighted by molar-refractivity contribution is -0.126. The second-order valence-electron chi connectivity index (χ2n) is 4.29.